The predicted molar refractivity (Wildman–Crippen MR) is 97.4 cm³/mol. The molecule has 0 radical (unpaired) electrons. The monoisotopic (exact) mass is 364 g/mol. The van der Waals surface area contributed by atoms with Gasteiger partial charge in [-0.1, -0.05) is 41.4 Å². The zero-order valence-electron chi connectivity index (χ0n) is 13.4. The van der Waals surface area contributed by atoms with E-state index in [1.54, 1.807) is 42.5 Å². The molecule has 1 atom stereocenters. The molecule has 2 aromatic carbocycles. The van der Waals surface area contributed by atoms with Crippen molar-refractivity contribution in [1.29, 1.82) is 0 Å². The van der Waals surface area contributed by atoms with Gasteiger partial charge in [0.15, 0.2) is 0 Å². The van der Waals surface area contributed by atoms with E-state index in [4.69, 9.17) is 23.2 Å². The molecule has 0 spiro atoms. The van der Waals surface area contributed by atoms with E-state index in [0.717, 1.165) is 11.1 Å². The number of rotatable bonds is 5. The minimum Gasteiger partial charge on any atom is -0.349 e. The van der Waals surface area contributed by atoms with Gasteiger partial charge in [0.05, 0.1) is 12.5 Å². The summed E-state index contributed by atoms with van der Waals surface area (Å²) in [6, 6.07) is 11.9. The van der Waals surface area contributed by atoms with Crippen molar-refractivity contribution >= 4 is 40.7 Å². The first-order chi connectivity index (χ1) is 11.4. The van der Waals surface area contributed by atoms with E-state index < -0.39 is 6.04 Å². The van der Waals surface area contributed by atoms with Crippen LogP contribution < -0.4 is 10.6 Å². The molecule has 2 rings (SSSR count). The zero-order valence-corrected chi connectivity index (χ0v) is 14.9. The van der Waals surface area contributed by atoms with Crippen molar-refractivity contribution in [3.05, 3.63) is 63.6 Å². The summed E-state index contributed by atoms with van der Waals surface area (Å²) in [7, 11) is 0. The van der Waals surface area contributed by atoms with Gasteiger partial charge in [-0.25, -0.2) is 0 Å². The van der Waals surface area contributed by atoms with Gasteiger partial charge in [-0.05, 0) is 42.3 Å². The van der Waals surface area contributed by atoms with Gasteiger partial charge < -0.3 is 10.6 Å². The molecule has 0 aliphatic heterocycles. The second-order valence-corrected chi connectivity index (χ2v) is 6.31. The fraction of sp³-hybridized carbons (Fsp3) is 0.222. The van der Waals surface area contributed by atoms with Crippen molar-refractivity contribution in [2.75, 3.05) is 5.32 Å². The number of amides is 2. The molecule has 24 heavy (non-hydrogen) atoms. The Bertz CT molecular complexity index is 745. The van der Waals surface area contributed by atoms with Crippen molar-refractivity contribution in [3.63, 3.8) is 0 Å². The maximum atomic E-state index is 12.4. The number of anilines is 1. The van der Waals surface area contributed by atoms with Crippen LogP contribution in [0.25, 0.3) is 0 Å². The van der Waals surface area contributed by atoms with Crippen molar-refractivity contribution in [2.45, 2.75) is 26.3 Å². The second-order valence-electron chi connectivity index (χ2n) is 5.47. The smallest absolute Gasteiger partial charge is 0.226 e. The third-order valence-corrected chi connectivity index (χ3v) is 4.24. The molecule has 0 bridgehead atoms. The van der Waals surface area contributed by atoms with Gasteiger partial charge in [-0.15, -0.1) is 0 Å². The average Bonchev–Trinajstić information content (AvgIpc) is 2.51. The van der Waals surface area contributed by atoms with Crippen molar-refractivity contribution in [2.24, 2.45) is 0 Å². The van der Waals surface area contributed by atoms with Gasteiger partial charge in [-0.2, -0.15) is 0 Å². The van der Waals surface area contributed by atoms with Crippen LogP contribution in [0.3, 0.4) is 0 Å². The topological polar surface area (TPSA) is 58.2 Å². The van der Waals surface area contributed by atoms with E-state index in [1.807, 2.05) is 6.92 Å². The number of hydrogen-bond donors (Lipinski definition) is 2. The summed E-state index contributed by atoms with van der Waals surface area (Å²) in [6.45, 7) is 3.25. The number of benzene rings is 2. The van der Waals surface area contributed by atoms with Crippen LogP contribution in [-0.4, -0.2) is 11.8 Å². The average molecular weight is 365 g/mol. The molecular weight excluding hydrogens is 347 g/mol. The summed E-state index contributed by atoms with van der Waals surface area (Å²) in [6.07, 6.45) is 0.104. The molecule has 0 aliphatic carbocycles. The Balaban J connectivity index is 2.13. The van der Waals surface area contributed by atoms with E-state index in [-0.39, 0.29) is 18.2 Å². The van der Waals surface area contributed by atoms with Gasteiger partial charge in [0, 0.05) is 22.7 Å². The highest BCUT2D eigenvalue weighted by Crippen LogP contribution is 2.24. The van der Waals surface area contributed by atoms with Crippen LogP contribution in [0.2, 0.25) is 10.0 Å². The lowest BCUT2D eigenvalue weighted by Crippen LogP contribution is -2.29. The first kappa shape index (κ1) is 18.3. The largest absolute Gasteiger partial charge is 0.349 e. The number of carbonyl (C=O) groups is 2. The molecule has 0 heterocycles. The summed E-state index contributed by atoms with van der Waals surface area (Å²) in [5.41, 5.74) is 2.27. The van der Waals surface area contributed by atoms with Crippen LogP contribution in [0.15, 0.2) is 42.5 Å². The number of carbonyl (C=O) groups excluding carboxylic acids is 2. The number of halogens is 2. The molecule has 2 N–H and O–H groups in total. The molecule has 0 aliphatic rings. The molecular formula is C18H18Cl2N2O2. The number of nitrogens with one attached hydrogen (secondary N) is 2. The fourth-order valence-electron chi connectivity index (χ4n) is 2.32. The molecule has 0 fully saturated rings. The first-order valence-electron chi connectivity index (χ1n) is 7.44. The Morgan fingerprint density at radius 2 is 1.75 bits per heavy atom. The molecule has 2 amide bonds. The Labute approximate surface area is 151 Å². The fourth-order valence-corrected chi connectivity index (χ4v) is 2.62. The molecule has 2 aromatic rings. The van der Waals surface area contributed by atoms with Crippen LogP contribution in [0.1, 0.15) is 30.5 Å². The van der Waals surface area contributed by atoms with Crippen molar-refractivity contribution in [3.8, 4) is 0 Å². The molecule has 1 unspecified atom stereocenters. The summed E-state index contributed by atoms with van der Waals surface area (Å²) in [4.78, 5) is 23.8. The van der Waals surface area contributed by atoms with Crippen LogP contribution in [-0.2, 0) is 9.59 Å². The third-order valence-electron chi connectivity index (χ3n) is 3.58. The zero-order chi connectivity index (χ0) is 17.7. The van der Waals surface area contributed by atoms with Crippen LogP contribution in [0.5, 0.6) is 0 Å². The minimum atomic E-state index is -0.431. The van der Waals surface area contributed by atoms with E-state index in [9.17, 15) is 9.59 Å². The van der Waals surface area contributed by atoms with Crippen LogP contribution >= 0.6 is 23.2 Å². The molecule has 0 aromatic heterocycles. The number of hydrogen-bond acceptors (Lipinski definition) is 2. The summed E-state index contributed by atoms with van der Waals surface area (Å²) in [5, 5.41) is 6.81. The molecule has 0 saturated carbocycles. The highest BCUT2D eigenvalue weighted by Gasteiger charge is 2.18. The SMILES string of the molecule is CC(=O)NC(CC(=O)Nc1cccc(Cl)c1C)c1ccc(Cl)cc1. The Morgan fingerprint density at radius 1 is 1.08 bits per heavy atom. The quantitative estimate of drug-likeness (QED) is 0.819. The maximum Gasteiger partial charge on any atom is 0.226 e. The predicted octanol–water partition coefficient (Wildman–Crippen LogP) is 4.51. The Morgan fingerprint density at radius 3 is 2.38 bits per heavy atom. The van der Waals surface area contributed by atoms with Gasteiger partial charge >= 0.3 is 0 Å². The van der Waals surface area contributed by atoms with Gasteiger partial charge in [-0.3, -0.25) is 9.59 Å². The van der Waals surface area contributed by atoms with Gasteiger partial charge in [0.2, 0.25) is 11.8 Å². The van der Waals surface area contributed by atoms with Crippen molar-refractivity contribution in [1.82, 2.24) is 5.32 Å². The van der Waals surface area contributed by atoms with Gasteiger partial charge in [0.25, 0.3) is 0 Å². The Hall–Kier alpha value is -2.04. The van der Waals surface area contributed by atoms with E-state index >= 15 is 0 Å². The highest BCUT2D eigenvalue weighted by molar-refractivity contribution is 6.31. The standard InChI is InChI=1S/C18H18Cl2N2O2/c1-11-15(20)4-3-5-16(11)22-18(24)10-17(21-12(2)23)13-6-8-14(19)9-7-13/h3-9,17H,10H2,1-2H3,(H,21,23)(H,22,24). The first-order valence-corrected chi connectivity index (χ1v) is 8.20. The molecule has 0 saturated heterocycles. The second kappa shape index (κ2) is 8.18. The van der Waals surface area contributed by atoms with Crippen LogP contribution in [0.4, 0.5) is 5.69 Å². The normalized spacial score (nSPS) is 11.7. The summed E-state index contributed by atoms with van der Waals surface area (Å²) >= 11 is 12.0. The highest BCUT2D eigenvalue weighted by atomic mass is 35.5. The lowest BCUT2D eigenvalue weighted by atomic mass is 10.0. The summed E-state index contributed by atoms with van der Waals surface area (Å²) in [5.74, 6) is -0.421. The lowest BCUT2D eigenvalue weighted by Gasteiger charge is -2.19. The van der Waals surface area contributed by atoms with Crippen LogP contribution in [0, 0.1) is 6.92 Å². The summed E-state index contributed by atoms with van der Waals surface area (Å²) < 4.78 is 0. The van der Waals surface area contributed by atoms with E-state index in [1.165, 1.54) is 6.92 Å². The van der Waals surface area contributed by atoms with E-state index in [0.29, 0.717) is 15.7 Å². The van der Waals surface area contributed by atoms with Crippen molar-refractivity contribution < 1.29 is 9.59 Å². The third kappa shape index (κ3) is 4.98. The molecule has 4 nitrogen and oxygen atoms in total. The van der Waals surface area contributed by atoms with E-state index in [2.05, 4.69) is 10.6 Å². The lowest BCUT2D eigenvalue weighted by molar-refractivity contribution is -0.120. The maximum absolute atomic E-state index is 12.4. The molecule has 6 heteroatoms. The van der Waals surface area contributed by atoms with Gasteiger partial charge in [0.1, 0.15) is 0 Å². The minimum absolute atomic E-state index is 0.104. The Kier molecular flexibility index (Phi) is 6.23. The molecule has 126 valence electrons.